The molecule has 0 radical (unpaired) electrons. The second kappa shape index (κ2) is 6.25. The number of nitrogens with zero attached hydrogens (tertiary/aromatic N) is 2. The molecule has 1 aromatic heterocycles. The Bertz CT molecular complexity index is 459. The summed E-state index contributed by atoms with van der Waals surface area (Å²) in [5.74, 6) is -1.03. The molecule has 114 valence electrons. The Labute approximate surface area is 114 Å². The number of carbonyl (C=O) groups is 1. The van der Waals surface area contributed by atoms with Gasteiger partial charge in [0.1, 0.15) is 5.54 Å². The standard InChI is InChI=1S/C12H18F3N3O2/c1-3-5-16-11(2,10(19)20)4-6-18-8-9(7-17-18)12(13,14)15/h7-8,16H,3-6H2,1-2H3,(H,19,20). The maximum Gasteiger partial charge on any atom is 0.419 e. The number of rotatable bonds is 7. The van der Waals surface area contributed by atoms with Gasteiger partial charge in [0, 0.05) is 12.7 Å². The Morgan fingerprint density at radius 2 is 2.15 bits per heavy atom. The molecule has 0 fully saturated rings. The number of hydrogen-bond acceptors (Lipinski definition) is 3. The lowest BCUT2D eigenvalue weighted by Gasteiger charge is -2.26. The van der Waals surface area contributed by atoms with Crippen LogP contribution < -0.4 is 5.32 Å². The van der Waals surface area contributed by atoms with Crippen LogP contribution in [0.15, 0.2) is 12.4 Å². The molecule has 1 aromatic rings. The Balaban J connectivity index is 2.68. The molecule has 20 heavy (non-hydrogen) atoms. The maximum atomic E-state index is 12.4. The fourth-order valence-electron chi connectivity index (χ4n) is 1.64. The third-order valence-corrected chi connectivity index (χ3v) is 3.04. The number of alkyl halides is 3. The Morgan fingerprint density at radius 1 is 1.50 bits per heavy atom. The molecule has 0 aromatic carbocycles. The van der Waals surface area contributed by atoms with Crippen LogP contribution >= 0.6 is 0 Å². The van der Waals surface area contributed by atoms with Gasteiger partial charge >= 0.3 is 12.1 Å². The van der Waals surface area contributed by atoms with Crippen LogP contribution in [0.1, 0.15) is 32.3 Å². The lowest BCUT2D eigenvalue weighted by molar-refractivity contribution is -0.144. The van der Waals surface area contributed by atoms with Crippen molar-refractivity contribution in [1.29, 1.82) is 0 Å². The zero-order valence-electron chi connectivity index (χ0n) is 11.4. The first-order chi connectivity index (χ1) is 9.19. The molecule has 1 atom stereocenters. The van der Waals surface area contributed by atoms with Crippen molar-refractivity contribution in [2.75, 3.05) is 6.54 Å². The van der Waals surface area contributed by atoms with Gasteiger partial charge in [0.25, 0.3) is 0 Å². The van der Waals surface area contributed by atoms with Gasteiger partial charge in [-0.1, -0.05) is 6.92 Å². The minimum atomic E-state index is -4.44. The van der Waals surface area contributed by atoms with Crippen LogP contribution in [0.3, 0.4) is 0 Å². The van der Waals surface area contributed by atoms with E-state index in [0.29, 0.717) is 6.54 Å². The minimum absolute atomic E-state index is 0.0929. The predicted molar refractivity (Wildman–Crippen MR) is 66.2 cm³/mol. The lowest BCUT2D eigenvalue weighted by Crippen LogP contribution is -2.50. The average Bonchev–Trinajstić information content (AvgIpc) is 2.82. The number of halogens is 3. The highest BCUT2D eigenvalue weighted by Gasteiger charge is 2.34. The Kier molecular flexibility index (Phi) is 5.15. The van der Waals surface area contributed by atoms with Crippen molar-refractivity contribution in [3.63, 3.8) is 0 Å². The lowest BCUT2D eigenvalue weighted by atomic mass is 9.98. The fraction of sp³-hybridized carbons (Fsp3) is 0.667. The molecule has 0 saturated heterocycles. The summed E-state index contributed by atoms with van der Waals surface area (Å²) in [4.78, 5) is 11.2. The summed E-state index contributed by atoms with van der Waals surface area (Å²) in [6.45, 7) is 4.03. The van der Waals surface area contributed by atoms with E-state index < -0.39 is 23.2 Å². The van der Waals surface area contributed by atoms with E-state index in [1.54, 1.807) is 0 Å². The van der Waals surface area contributed by atoms with Crippen molar-refractivity contribution in [3.8, 4) is 0 Å². The SMILES string of the molecule is CCCNC(C)(CCn1cc(C(F)(F)F)cn1)C(=O)O. The van der Waals surface area contributed by atoms with Crippen molar-refractivity contribution in [3.05, 3.63) is 18.0 Å². The van der Waals surface area contributed by atoms with Gasteiger partial charge in [0.2, 0.25) is 0 Å². The van der Waals surface area contributed by atoms with Crippen LogP contribution in [0.2, 0.25) is 0 Å². The maximum absolute atomic E-state index is 12.4. The van der Waals surface area contributed by atoms with Gasteiger partial charge < -0.3 is 10.4 Å². The van der Waals surface area contributed by atoms with Crippen LogP contribution in [0.5, 0.6) is 0 Å². The fourth-order valence-corrected chi connectivity index (χ4v) is 1.64. The average molecular weight is 293 g/mol. The quantitative estimate of drug-likeness (QED) is 0.808. The monoisotopic (exact) mass is 293 g/mol. The number of nitrogens with one attached hydrogen (secondary N) is 1. The molecule has 0 aliphatic heterocycles. The second-order valence-corrected chi connectivity index (χ2v) is 4.80. The normalized spacial score (nSPS) is 15.1. The van der Waals surface area contributed by atoms with Crippen LogP contribution in [0.4, 0.5) is 13.2 Å². The molecule has 5 nitrogen and oxygen atoms in total. The molecule has 1 unspecified atom stereocenters. The molecule has 0 spiro atoms. The Hall–Kier alpha value is -1.57. The van der Waals surface area contributed by atoms with E-state index in [1.165, 1.54) is 6.92 Å². The van der Waals surface area contributed by atoms with Gasteiger partial charge in [-0.25, -0.2) is 0 Å². The zero-order valence-corrected chi connectivity index (χ0v) is 11.4. The minimum Gasteiger partial charge on any atom is -0.480 e. The molecule has 0 amide bonds. The number of aliphatic carboxylic acids is 1. The number of aryl methyl sites for hydroxylation is 1. The van der Waals surface area contributed by atoms with Crippen molar-refractivity contribution in [1.82, 2.24) is 15.1 Å². The first-order valence-corrected chi connectivity index (χ1v) is 6.27. The molecular weight excluding hydrogens is 275 g/mol. The van der Waals surface area contributed by atoms with E-state index in [9.17, 15) is 23.1 Å². The van der Waals surface area contributed by atoms with Gasteiger partial charge in [-0.15, -0.1) is 0 Å². The Morgan fingerprint density at radius 3 is 2.60 bits per heavy atom. The number of aromatic nitrogens is 2. The highest BCUT2D eigenvalue weighted by molar-refractivity contribution is 5.78. The van der Waals surface area contributed by atoms with E-state index in [2.05, 4.69) is 10.4 Å². The number of hydrogen-bond donors (Lipinski definition) is 2. The summed E-state index contributed by atoms with van der Waals surface area (Å²) < 4.78 is 38.3. The summed E-state index contributed by atoms with van der Waals surface area (Å²) in [7, 11) is 0. The van der Waals surface area contributed by atoms with E-state index in [-0.39, 0.29) is 13.0 Å². The summed E-state index contributed by atoms with van der Waals surface area (Å²) >= 11 is 0. The summed E-state index contributed by atoms with van der Waals surface area (Å²) in [5.41, 5.74) is -2.02. The van der Waals surface area contributed by atoms with Gasteiger partial charge in [-0.3, -0.25) is 9.48 Å². The molecule has 2 N–H and O–H groups in total. The molecule has 0 bridgehead atoms. The van der Waals surface area contributed by atoms with Crippen LogP contribution in [-0.2, 0) is 17.5 Å². The van der Waals surface area contributed by atoms with Gasteiger partial charge in [-0.2, -0.15) is 18.3 Å². The summed E-state index contributed by atoms with van der Waals surface area (Å²) in [6.07, 6.45) is -1.92. The molecule has 0 aliphatic carbocycles. The van der Waals surface area contributed by atoms with Crippen molar-refractivity contribution < 1.29 is 23.1 Å². The predicted octanol–water partition coefficient (Wildman–Crippen LogP) is 2.13. The van der Waals surface area contributed by atoms with Crippen molar-refractivity contribution >= 4 is 5.97 Å². The van der Waals surface area contributed by atoms with Crippen molar-refractivity contribution in [2.45, 2.75) is 44.9 Å². The third-order valence-electron chi connectivity index (χ3n) is 3.04. The molecule has 8 heteroatoms. The molecular formula is C12H18F3N3O2. The summed E-state index contributed by atoms with van der Waals surface area (Å²) in [6, 6.07) is 0. The number of carboxylic acids is 1. The van der Waals surface area contributed by atoms with E-state index in [4.69, 9.17) is 0 Å². The van der Waals surface area contributed by atoms with E-state index in [0.717, 1.165) is 23.5 Å². The number of carboxylic acid groups (broad SMARTS) is 1. The van der Waals surface area contributed by atoms with Gasteiger partial charge in [0.05, 0.1) is 11.8 Å². The molecule has 1 rings (SSSR count). The van der Waals surface area contributed by atoms with Crippen LogP contribution in [0, 0.1) is 0 Å². The smallest absolute Gasteiger partial charge is 0.419 e. The van der Waals surface area contributed by atoms with Gasteiger partial charge in [0.15, 0.2) is 0 Å². The van der Waals surface area contributed by atoms with Crippen LogP contribution in [-0.4, -0.2) is 32.9 Å². The first-order valence-electron chi connectivity index (χ1n) is 6.27. The van der Waals surface area contributed by atoms with Crippen LogP contribution in [0.25, 0.3) is 0 Å². The summed E-state index contributed by atoms with van der Waals surface area (Å²) in [5, 5.41) is 15.7. The van der Waals surface area contributed by atoms with E-state index in [1.807, 2.05) is 6.92 Å². The van der Waals surface area contributed by atoms with E-state index >= 15 is 0 Å². The zero-order chi connectivity index (χ0) is 15.4. The highest BCUT2D eigenvalue weighted by Crippen LogP contribution is 2.28. The molecule has 0 aliphatic rings. The first kappa shape index (κ1) is 16.5. The second-order valence-electron chi connectivity index (χ2n) is 4.80. The van der Waals surface area contributed by atoms with Gasteiger partial charge in [-0.05, 0) is 26.3 Å². The third kappa shape index (κ3) is 4.22. The molecule has 1 heterocycles. The topological polar surface area (TPSA) is 67.2 Å². The molecule has 0 saturated carbocycles. The largest absolute Gasteiger partial charge is 0.480 e. The van der Waals surface area contributed by atoms with Crippen molar-refractivity contribution in [2.24, 2.45) is 0 Å². The highest BCUT2D eigenvalue weighted by atomic mass is 19.4.